The third-order valence-corrected chi connectivity index (χ3v) is 3.08. The number of hydrogen-bond acceptors (Lipinski definition) is 5. The maximum Gasteiger partial charge on any atom is 0.259 e. The van der Waals surface area contributed by atoms with Gasteiger partial charge in [-0.2, -0.15) is 0 Å². The topological polar surface area (TPSA) is 77.0 Å². The van der Waals surface area contributed by atoms with Gasteiger partial charge in [-0.1, -0.05) is 0 Å². The minimum Gasteiger partial charge on any atom is -0.508 e. The molecule has 6 nitrogen and oxygen atoms in total. The molecule has 2 rings (SSSR count). The second kappa shape index (κ2) is 6.71. The Morgan fingerprint density at radius 1 is 0.909 bits per heavy atom. The molecule has 0 spiro atoms. The van der Waals surface area contributed by atoms with Crippen LogP contribution in [0.15, 0.2) is 36.4 Å². The van der Waals surface area contributed by atoms with E-state index in [-0.39, 0.29) is 11.7 Å². The van der Waals surface area contributed by atoms with E-state index in [1.54, 1.807) is 24.3 Å². The normalized spacial score (nSPS) is 9.95. The fourth-order valence-electron chi connectivity index (χ4n) is 1.95. The van der Waals surface area contributed by atoms with Crippen molar-refractivity contribution in [2.75, 3.05) is 26.6 Å². The number of carbonyl (C=O) groups excluding carboxylic acids is 1. The molecule has 0 bridgehead atoms. The van der Waals surface area contributed by atoms with Crippen molar-refractivity contribution in [1.29, 1.82) is 0 Å². The number of benzene rings is 2. The maximum atomic E-state index is 12.4. The van der Waals surface area contributed by atoms with E-state index in [4.69, 9.17) is 14.2 Å². The van der Waals surface area contributed by atoms with Gasteiger partial charge in [-0.15, -0.1) is 0 Å². The lowest BCUT2D eigenvalue weighted by atomic mass is 10.1. The number of rotatable bonds is 5. The summed E-state index contributed by atoms with van der Waals surface area (Å²) in [5.74, 6) is 1.04. The quantitative estimate of drug-likeness (QED) is 0.830. The first kappa shape index (κ1) is 15.5. The molecule has 0 aliphatic heterocycles. The number of amides is 1. The molecule has 0 atom stereocenters. The lowest BCUT2D eigenvalue weighted by Gasteiger charge is -2.14. The van der Waals surface area contributed by atoms with Crippen molar-refractivity contribution in [3.8, 4) is 23.0 Å². The van der Waals surface area contributed by atoms with Crippen LogP contribution in [0.2, 0.25) is 0 Å². The predicted octanol–water partition coefficient (Wildman–Crippen LogP) is 2.67. The van der Waals surface area contributed by atoms with Crippen LogP contribution in [0, 0.1) is 0 Å². The van der Waals surface area contributed by atoms with Crippen molar-refractivity contribution >= 4 is 11.6 Å². The standard InChI is InChI=1S/C16H17NO5/c1-20-13-9-15(22-3)14(21-2)8-12(13)16(19)17-10-4-6-11(18)7-5-10/h4-9,18H,1-3H3,(H,17,19). The minimum absolute atomic E-state index is 0.127. The van der Waals surface area contributed by atoms with Crippen LogP contribution in [-0.4, -0.2) is 32.3 Å². The lowest BCUT2D eigenvalue weighted by Crippen LogP contribution is -2.13. The number of nitrogens with one attached hydrogen (secondary N) is 1. The van der Waals surface area contributed by atoms with Crippen LogP contribution in [0.4, 0.5) is 5.69 Å². The molecule has 2 aromatic carbocycles. The second-order valence-corrected chi connectivity index (χ2v) is 4.41. The van der Waals surface area contributed by atoms with Crippen LogP contribution in [0.25, 0.3) is 0 Å². The van der Waals surface area contributed by atoms with E-state index in [1.807, 2.05) is 0 Å². The van der Waals surface area contributed by atoms with Crippen LogP contribution < -0.4 is 19.5 Å². The molecule has 6 heteroatoms. The van der Waals surface area contributed by atoms with E-state index in [2.05, 4.69) is 5.32 Å². The van der Waals surface area contributed by atoms with Crippen molar-refractivity contribution in [2.45, 2.75) is 0 Å². The van der Waals surface area contributed by atoms with Crippen molar-refractivity contribution < 1.29 is 24.1 Å². The second-order valence-electron chi connectivity index (χ2n) is 4.41. The SMILES string of the molecule is COc1cc(OC)c(C(=O)Nc2ccc(O)cc2)cc1OC. The number of ether oxygens (including phenoxy) is 3. The summed E-state index contributed by atoms with van der Waals surface area (Å²) in [5, 5.41) is 12.0. The zero-order valence-electron chi connectivity index (χ0n) is 12.5. The van der Waals surface area contributed by atoms with E-state index >= 15 is 0 Å². The van der Waals surface area contributed by atoms with Crippen LogP contribution >= 0.6 is 0 Å². The molecule has 0 aliphatic carbocycles. The van der Waals surface area contributed by atoms with E-state index in [9.17, 15) is 9.90 Å². The Morgan fingerprint density at radius 3 is 2.00 bits per heavy atom. The Kier molecular flexibility index (Phi) is 4.73. The van der Waals surface area contributed by atoms with Gasteiger partial charge in [0, 0.05) is 17.8 Å². The first-order valence-corrected chi connectivity index (χ1v) is 6.49. The minimum atomic E-state index is -0.358. The molecule has 0 aliphatic rings. The number of anilines is 1. The average Bonchev–Trinajstić information content (AvgIpc) is 2.55. The molecular formula is C16H17NO5. The zero-order chi connectivity index (χ0) is 16.1. The zero-order valence-corrected chi connectivity index (χ0v) is 12.5. The molecule has 1 amide bonds. The molecule has 0 radical (unpaired) electrons. The Hall–Kier alpha value is -2.89. The molecule has 2 N–H and O–H groups in total. The van der Waals surface area contributed by atoms with Crippen LogP contribution in [0.3, 0.4) is 0 Å². The first-order chi connectivity index (χ1) is 10.6. The lowest BCUT2D eigenvalue weighted by molar-refractivity contribution is 0.102. The molecule has 0 unspecified atom stereocenters. The van der Waals surface area contributed by atoms with E-state index < -0.39 is 0 Å². The highest BCUT2D eigenvalue weighted by atomic mass is 16.5. The highest BCUT2D eigenvalue weighted by Crippen LogP contribution is 2.35. The fourth-order valence-corrected chi connectivity index (χ4v) is 1.95. The van der Waals surface area contributed by atoms with Crippen LogP contribution in [0.5, 0.6) is 23.0 Å². The van der Waals surface area contributed by atoms with Crippen LogP contribution in [-0.2, 0) is 0 Å². The Labute approximate surface area is 128 Å². The van der Waals surface area contributed by atoms with Crippen LogP contribution in [0.1, 0.15) is 10.4 Å². The summed E-state index contributed by atoms with van der Waals surface area (Å²) in [4.78, 5) is 12.4. The number of methoxy groups -OCH3 is 3. The average molecular weight is 303 g/mol. The van der Waals surface area contributed by atoms with Gasteiger partial charge in [-0.05, 0) is 24.3 Å². The van der Waals surface area contributed by atoms with E-state index in [0.29, 0.717) is 28.5 Å². The van der Waals surface area contributed by atoms with Gasteiger partial charge in [0.1, 0.15) is 11.5 Å². The summed E-state index contributed by atoms with van der Waals surface area (Å²) in [6.07, 6.45) is 0. The molecule has 116 valence electrons. The molecule has 2 aromatic rings. The Bertz CT molecular complexity index is 667. The van der Waals surface area contributed by atoms with Gasteiger partial charge in [0.25, 0.3) is 5.91 Å². The molecule has 0 fully saturated rings. The van der Waals surface area contributed by atoms with Crippen molar-refractivity contribution in [3.63, 3.8) is 0 Å². The first-order valence-electron chi connectivity index (χ1n) is 6.49. The molecular weight excluding hydrogens is 286 g/mol. The Morgan fingerprint density at radius 2 is 1.45 bits per heavy atom. The summed E-state index contributed by atoms with van der Waals surface area (Å²) in [7, 11) is 4.47. The Balaban J connectivity index is 2.33. The number of aromatic hydroxyl groups is 1. The van der Waals surface area contributed by atoms with Gasteiger partial charge >= 0.3 is 0 Å². The summed E-state index contributed by atoms with van der Waals surface area (Å²) < 4.78 is 15.6. The molecule has 22 heavy (non-hydrogen) atoms. The highest BCUT2D eigenvalue weighted by molar-refractivity contribution is 6.06. The molecule has 0 aromatic heterocycles. The third-order valence-electron chi connectivity index (χ3n) is 3.08. The largest absolute Gasteiger partial charge is 0.508 e. The molecule has 0 saturated carbocycles. The highest BCUT2D eigenvalue weighted by Gasteiger charge is 2.17. The molecule has 0 saturated heterocycles. The summed E-state index contributed by atoms with van der Waals surface area (Å²) >= 11 is 0. The van der Waals surface area contributed by atoms with Gasteiger partial charge in [-0.3, -0.25) is 4.79 Å². The van der Waals surface area contributed by atoms with Gasteiger partial charge in [0.05, 0.1) is 26.9 Å². The van der Waals surface area contributed by atoms with E-state index in [1.165, 1.54) is 33.5 Å². The predicted molar refractivity (Wildman–Crippen MR) is 82.2 cm³/mol. The van der Waals surface area contributed by atoms with Crippen molar-refractivity contribution in [3.05, 3.63) is 42.0 Å². The van der Waals surface area contributed by atoms with Crippen molar-refractivity contribution in [2.24, 2.45) is 0 Å². The smallest absolute Gasteiger partial charge is 0.259 e. The maximum absolute atomic E-state index is 12.4. The van der Waals surface area contributed by atoms with Gasteiger partial charge in [0.15, 0.2) is 11.5 Å². The summed E-state index contributed by atoms with van der Waals surface area (Å²) in [6, 6.07) is 9.31. The van der Waals surface area contributed by atoms with E-state index in [0.717, 1.165) is 0 Å². The summed E-state index contributed by atoms with van der Waals surface area (Å²) in [5.41, 5.74) is 0.868. The van der Waals surface area contributed by atoms with Gasteiger partial charge in [-0.25, -0.2) is 0 Å². The fraction of sp³-hybridized carbons (Fsp3) is 0.188. The van der Waals surface area contributed by atoms with Crippen molar-refractivity contribution in [1.82, 2.24) is 0 Å². The third kappa shape index (κ3) is 3.22. The number of carbonyl (C=O) groups is 1. The number of hydrogen-bond donors (Lipinski definition) is 2. The van der Waals surface area contributed by atoms with Gasteiger partial charge < -0.3 is 24.6 Å². The number of phenols is 1. The monoisotopic (exact) mass is 303 g/mol. The summed E-state index contributed by atoms with van der Waals surface area (Å²) in [6.45, 7) is 0. The molecule has 0 heterocycles. The van der Waals surface area contributed by atoms with Gasteiger partial charge in [0.2, 0.25) is 0 Å². The number of phenolic OH excluding ortho intramolecular Hbond substituents is 1.